The number of likely N-dealkylation sites (N-methyl/N-ethyl adjacent to an activating group) is 1. The molecule has 0 aliphatic rings. The van der Waals surface area contributed by atoms with Crippen molar-refractivity contribution in [2.24, 2.45) is 0 Å². The molecule has 0 aliphatic carbocycles. The van der Waals surface area contributed by atoms with Crippen molar-refractivity contribution in [1.29, 1.82) is 0 Å². The molecule has 1 N–H and O–H groups in total. The summed E-state index contributed by atoms with van der Waals surface area (Å²) in [5.74, 6) is 0. The van der Waals surface area contributed by atoms with Gasteiger partial charge in [0, 0.05) is 11.1 Å². The zero-order valence-electron chi connectivity index (χ0n) is 9.81. The number of halogens is 1. The van der Waals surface area contributed by atoms with Crippen LogP contribution >= 0.6 is 11.6 Å². The lowest BCUT2D eigenvalue weighted by Gasteiger charge is -2.16. The third kappa shape index (κ3) is 3.84. The summed E-state index contributed by atoms with van der Waals surface area (Å²) >= 11 is 6.20. The van der Waals surface area contributed by atoms with Gasteiger partial charge in [0.05, 0.1) is 0 Å². The van der Waals surface area contributed by atoms with Crippen LogP contribution in [0.15, 0.2) is 18.2 Å². The highest BCUT2D eigenvalue weighted by Gasteiger charge is 2.08. The fourth-order valence-corrected chi connectivity index (χ4v) is 2.09. The molecule has 1 aromatic carbocycles. The zero-order chi connectivity index (χ0) is 11.3. The fourth-order valence-electron chi connectivity index (χ4n) is 1.78. The lowest BCUT2D eigenvalue weighted by molar-refractivity contribution is 0.514. The van der Waals surface area contributed by atoms with E-state index in [-0.39, 0.29) is 0 Å². The van der Waals surface area contributed by atoms with Crippen molar-refractivity contribution in [1.82, 2.24) is 5.32 Å². The summed E-state index contributed by atoms with van der Waals surface area (Å²) in [7, 11) is 2.02. The van der Waals surface area contributed by atoms with Crippen LogP contribution in [0.4, 0.5) is 0 Å². The largest absolute Gasteiger partial charge is 0.317 e. The molecule has 1 nitrogen and oxygen atoms in total. The number of benzene rings is 1. The molecule has 84 valence electrons. The predicted molar refractivity (Wildman–Crippen MR) is 67.6 cm³/mol. The van der Waals surface area contributed by atoms with E-state index in [1.807, 2.05) is 13.1 Å². The van der Waals surface area contributed by atoms with E-state index in [0.717, 1.165) is 11.4 Å². The Morgan fingerprint density at radius 1 is 1.40 bits per heavy atom. The number of hydrogen-bond donors (Lipinski definition) is 1. The highest BCUT2D eigenvalue weighted by molar-refractivity contribution is 6.31. The van der Waals surface area contributed by atoms with E-state index in [9.17, 15) is 0 Å². The SMILES string of the molecule is CCCC(Cc1ccc(C)cc1Cl)NC. The van der Waals surface area contributed by atoms with E-state index < -0.39 is 0 Å². The van der Waals surface area contributed by atoms with Crippen molar-refractivity contribution < 1.29 is 0 Å². The van der Waals surface area contributed by atoms with Crippen LogP contribution in [0.1, 0.15) is 30.9 Å². The third-order valence-corrected chi connectivity index (χ3v) is 3.07. The van der Waals surface area contributed by atoms with Gasteiger partial charge in [-0.3, -0.25) is 0 Å². The molecule has 0 heterocycles. The Morgan fingerprint density at radius 2 is 2.13 bits per heavy atom. The van der Waals surface area contributed by atoms with E-state index in [1.165, 1.54) is 24.0 Å². The molecule has 0 spiro atoms. The number of aryl methyl sites for hydroxylation is 1. The van der Waals surface area contributed by atoms with Gasteiger partial charge in [-0.25, -0.2) is 0 Å². The minimum Gasteiger partial charge on any atom is -0.317 e. The van der Waals surface area contributed by atoms with Crippen LogP contribution in [-0.4, -0.2) is 13.1 Å². The molecule has 1 unspecified atom stereocenters. The third-order valence-electron chi connectivity index (χ3n) is 2.72. The van der Waals surface area contributed by atoms with Gasteiger partial charge in [-0.15, -0.1) is 0 Å². The predicted octanol–water partition coefficient (Wildman–Crippen LogP) is 3.58. The highest BCUT2D eigenvalue weighted by Crippen LogP contribution is 2.19. The normalized spacial score (nSPS) is 12.8. The molecule has 0 saturated heterocycles. The van der Waals surface area contributed by atoms with Crippen LogP contribution in [0, 0.1) is 6.92 Å². The van der Waals surface area contributed by atoms with E-state index in [2.05, 4.69) is 31.3 Å². The Labute approximate surface area is 97.8 Å². The molecule has 0 aromatic heterocycles. The first-order valence-electron chi connectivity index (χ1n) is 5.59. The molecule has 0 aliphatic heterocycles. The molecular formula is C13H20ClN. The first-order chi connectivity index (χ1) is 7.17. The Hall–Kier alpha value is -0.530. The summed E-state index contributed by atoms with van der Waals surface area (Å²) in [5, 5.41) is 4.23. The number of hydrogen-bond acceptors (Lipinski definition) is 1. The highest BCUT2D eigenvalue weighted by atomic mass is 35.5. The van der Waals surface area contributed by atoms with Crippen molar-refractivity contribution in [3.63, 3.8) is 0 Å². The summed E-state index contributed by atoms with van der Waals surface area (Å²) in [6.07, 6.45) is 3.42. The second-order valence-corrected chi connectivity index (χ2v) is 4.48. The first-order valence-corrected chi connectivity index (χ1v) is 5.97. The summed E-state index contributed by atoms with van der Waals surface area (Å²) in [4.78, 5) is 0. The van der Waals surface area contributed by atoms with Gasteiger partial charge >= 0.3 is 0 Å². The number of rotatable bonds is 5. The van der Waals surface area contributed by atoms with E-state index >= 15 is 0 Å². The molecule has 0 amide bonds. The van der Waals surface area contributed by atoms with Crippen LogP contribution in [0.5, 0.6) is 0 Å². The van der Waals surface area contributed by atoms with Gasteiger partial charge in [0.15, 0.2) is 0 Å². The summed E-state index contributed by atoms with van der Waals surface area (Å²) in [5.41, 5.74) is 2.47. The Balaban J connectivity index is 2.70. The second-order valence-electron chi connectivity index (χ2n) is 4.07. The molecule has 15 heavy (non-hydrogen) atoms. The fraction of sp³-hybridized carbons (Fsp3) is 0.538. The minimum atomic E-state index is 0.537. The van der Waals surface area contributed by atoms with Gasteiger partial charge in [-0.1, -0.05) is 37.1 Å². The van der Waals surface area contributed by atoms with Crippen LogP contribution < -0.4 is 5.32 Å². The summed E-state index contributed by atoms with van der Waals surface area (Å²) in [6, 6.07) is 6.84. The maximum atomic E-state index is 6.20. The molecule has 2 heteroatoms. The summed E-state index contributed by atoms with van der Waals surface area (Å²) < 4.78 is 0. The molecule has 0 radical (unpaired) electrons. The molecule has 0 saturated carbocycles. The Bertz CT molecular complexity index is 309. The summed E-state index contributed by atoms with van der Waals surface area (Å²) in [6.45, 7) is 4.28. The Morgan fingerprint density at radius 3 is 2.67 bits per heavy atom. The molecule has 1 aromatic rings. The van der Waals surface area contributed by atoms with E-state index in [1.54, 1.807) is 0 Å². The maximum absolute atomic E-state index is 6.20. The van der Waals surface area contributed by atoms with Crippen LogP contribution in [0.2, 0.25) is 5.02 Å². The molecule has 1 atom stereocenters. The van der Waals surface area contributed by atoms with Crippen molar-refractivity contribution in [3.05, 3.63) is 34.3 Å². The van der Waals surface area contributed by atoms with Gasteiger partial charge in [0.25, 0.3) is 0 Å². The average Bonchev–Trinajstić information content (AvgIpc) is 2.21. The van der Waals surface area contributed by atoms with Crippen molar-refractivity contribution >= 4 is 11.6 Å². The number of nitrogens with one attached hydrogen (secondary N) is 1. The van der Waals surface area contributed by atoms with Crippen LogP contribution in [-0.2, 0) is 6.42 Å². The minimum absolute atomic E-state index is 0.537. The maximum Gasteiger partial charge on any atom is 0.0441 e. The molecule has 0 fully saturated rings. The standard InChI is InChI=1S/C13H20ClN/c1-4-5-12(15-3)9-11-7-6-10(2)8-13(11)14/h6-8,12,15H,4-5,9H2,1-3H3. The molecule has 0 bridgehead atoms. The quantitative estimate of drug-likeness (QED) is 0.808. The van der Waals surface area contributed by atoms with Gasteiger partial charge in [0.1, 0.15) is 0 Å². The zero-order valence-corrected chi connectivity index (χ0v) is 10.6. The van der Waals surface area contributed by atoms with Gasteiger partial charge < -0.3 is 5.32 Å². The van der Waals surface area contributed by atoms with E-state index in [4.69, 9.17) is 11.6 Å². The lowest BCUT2D eigenvalue weighted by atomic mass is 10.0. The molecular weight excluding hydrogens is 206 g/mol. The second kappa shape index (κ2) is 6.14. The van der Waals surface area contributed by atoms with E-state index in [0.29, 0.717) is 6.04 Å². The molecule has 1 rings (SSSR count). The smallest absolute Gasteiger partial charge is 0.0441 e. The average molecular weight is 226 g/mol. The monoisotopic (exact) mass is 225 g/mol. The first kappa shape index (κ1) is 12.5. The van der Waals surface area contributed by atoms with Gasteiger partial charge in [-0.05, 0) is 44.0 Å². The van der Waals surface area contributed by atoms with Crippen molar-refractivity contribution in [3.8, 4) is 0 Å². The lowest BCUT2D eigenvalue weighted by Crippen LogP contribution is -2.27. The van der Waals surface area contributed by atoms with Crippen LogP contribution in [0.25, 0.3) is 0 Å². The van der Waals surface area contributed by atoms with Gasteiger partial charge in [0.2, 0.25) is 0 Å². The Kier molecular flexibility index (Phi) is 5.13. The van der Waals surface area contributed by atoms with Crippen molar-refractivity contribution in [2.75, 3.05) is 7.05 Å². The van der Waals surface area contributed by atoms with Crippen molar-refractivity contribution in [2.45, 2.75) is 39.2 Å². The van der Waals surface area contributed by atoms with Crippen LogP contribution in [0.3, 0.4) is 0 Å². The topological polar surface area (TPSA) is 12.0 Å². The van der Waals surface area contributed by atoms with Gasteiger partial charge in [-0.2, -0.15) is 0 Å².